The van der Waals surface area contributed by atoms with Gasteiger partial charge in [0.15, 0.2) is 11.6 Å². The van der Waals surface area contributed by atoms with Crippen LogP contribution < -0.4 is 5.32 Å². The van der Waals surface area contributed by atoms with E-state index >= 15 is 0 Å². The second kappa shape index (κ2) is 6.63. The molecule has 0 aliphatic carbocycles. The Morgan fingerprint density at radius 2 is 1.43 bits per heavy atom. The number of anilines is 2. The molecule has 6 aromatic rings. The number of rotatable bonds is 3. The number of aromatic amines is 1. The van der Waals surface area contributed by atoms with Crippen molar-refractivity contribution in [2.75, 3.05) is 5.32 Å². The van der Waals surface area contributed by atoms with Crippen molar-refractivity contribution in [3.05, 3.63) is 85.1 Å². The summed E-state index contributed by atoms with van der Waals surface area (Å²) in [5.41, 5.74) is 2.57. The summed E-state index contributed by atoms with van der Waals surface area (Å²) in [6.45, 7) is 0. The normalized spacial score (nSPS) is 11.3. The van der Waals surface area contributed by atoms with E-state index in [4.69, 9.17) is 9.97 Å². The van der Waals surface area contributed by atoms with Gasteiger partial charge in [0.25, 0.3) is 0 Å². The first-order valence-corrected chi connectivity index (χ1v) is 9.68. The predicted octanol–water partition coefficient (Wildman–Crippen LogP) is 5.46. The maximum absolute atomic E-state index is 4.86. The van der Waals surface area contributed by atoms with Gasteiger partial charge in [0.05, 0.1) is 11.0 Å². The Morgan fingerprint density at radius 3 is 2.37 bits per heavy atom. The molecule has 0 saturated heterocycles. The molecular weight excluding hydrogens is 372 g/mol. The lowest BCUT2D eigenvalue weighted by Gasteiger charge is -2.10. The number of nitrogens with one attached hydrogen (secondary N) is 2. The molecule has 0 spiro atoms. The molecule has 0 bridgehead atoms. The van der Waals surface area contributed by atoms with Crippen molar-refractivity contribution < 1.29 is 0 Å². The molecule has 0 saturated carbocycles. The Kier molecular flexibility index (Phi) is 3.67. The zero-order chi connectivity index (χ0) is 19.9. The summed E-state index contributed by atoms with van der Waals surface area (Å²) < 4.78 is 0. The molecule has 6 nitrogen and oxygen atoms in total. The zero-order valence-corrected chi connectivity index (χ0v) is 15.9. The fourth-order valence-electron chi connectivity index (χ4n) is 3.75. The molecule has 0 atom stereocenters. The molecule has 0 amide bonds. The van der Waals surface area contributed by atoms with Crippen LogP contribution in [0.1, 0.15) is 0 Å². The topological polar surface area (TPSA) is 79.4 Å². The standard InChI is InChI=1S/C24H16N6/c1-2-8-16-15(7-1)13-14-25-21(16)24-26-19-11-5-3-9-17(19)22(28-24)27-23-18-10-4-6-12-20(18)29-30-23/h1-14H,(H2,26,27,28,29,30). The van der Waals surface area contributed by atoms with Crippen molar-refractivity contribution in [2.24, 2.45) is 0 Å². The first kappa shape index (κ1) is 16.6. The third-order valence-electron chi connectivity index (χ3n) is 5.20. The number of H-pyrrole nitrogens is 1. The van der Waals surface area contributed by atoms with Crippen molar-refractivity contribution in [3.8, 4) is 11.5 Å². The highest BCUT2D eigenvalue weighted by molar-refractivity contribution is 5.98. The average molecular weight is 388 g/mol. The first-order chi connectivity index (χ1) is 14.9. The highest BCUT2D eigenvalue weighted by atomic mass is 15.2. The third-order valence-corrected chi connectivity index (χ3v) is 5.20. The molecular formula is C24H16N6. The highest BCUT2D eigenvalue weighted by Crippen LogP contribution is 2.31. The van der Waals surface area contributed by atoms with E-state index in [9.17, 15) is 0 Å². The molecule has 3 heterocycles. The lowest BCUT2D eigenvalue weighted by Crippen LogP contribution is -2.01. The summed E-state index contributed by atoms with van der Waals surface area (Å²) in [6.07, 6.45) is 1.80. The molecule has 2 N–H and O–H groups in total. The van der Waals surface area contributed by atoms with Gasteiger partial charge in [0, 0.05) is 22.4 Å². The molecule has 142 valence electrons. The summed E-state index contributed by atoms with van der Waals surface area (Å²) in [7, 11) is 0. The molecule has 0 fully saturated rings. The van der Waals surface area contributed by atoms with Crippen LogP contribution in [0.5, 0.6) is 0 Å². The van der Waals surface area contributed by atoms with E-state index in [1.165, 1.54) is 0 Å². The number of aromatic nitrogens is 5. The second-order valence-electron chi connectivity index (χ2n) is 7.04. The van der Waals surface area contributed by atoms with E-state index in [1.54, 1.807) is 6.20 Å². The summed E-state index contributed by atoms with van der Waals surface area (Å²) in [5, 5.41) is 15.0. The van der Waals surface area contributed by atoms with Crippen molar-refractivity contribution in [1.29, 1.82) is 0 Å². The van der Waals surface area contributed by atoms with Crippen LogP contribution in [0.25, 0.3) is 44.1 Å². The van der Waals surface area contributed by atoms with E-state index < -0.39 is 0 Å². The van der Waals surface area contributed by atoms with Gasteiger partial charge in [-0.25, -0.2) is 9.97 Å². The number of nitrogens with zero attached hydrogens (tertiary/aromatic N) is 4. The fraction of sp³-hybridized carbons (Fsp3) is 0. The SMILES string of the molecule is c1ccc2c(-c3nc(Nc4n[nH]c5ccccc45)c4ccccc4n3)nccc2c1. The monoisotopic (exact) mass is 388 g/mol. The molecule has 6 heteroatoms. The quantitative estimate of drug-likeness (QED) is 0.420. The maximum Gasteiger partial charge on any atom is 0.181 e. The van der Waals surface area contributed by atoms with Gasteiger partial charge >= 0.3 is 0 Å². The summed E-state index contributed by atoms with van der Waals surface area (Å²) in [6, 6.07) is 26.1. The van der Waals surface area contributed by atoms with Crippen molar-refractivity contribution in [2.45, 2.75) is 0 Å². The zero-order valence-electron chi connectivity index (χ0n) is 15.9. The maximum atomic E-state index is 4.86. The van der Waals surface area contributed by atoms with Crippen LogP contribution in [0, 0.1) is 0 Å². The Morgan fingerprint density at radius 1 is 0.667 bits per heavy atom. The van der Waals surface area contributed by atoms with E-state index in [-0.39, 0.29) is 0 Å². The molecule has 3 aromatic heterocycles. The van der Waals surface area contributed by atoms with Gasteiger partial charge in [-0.15, -0.1) is 0 Å². The molecule has 30 heavy (non-hydrogen) atoms. The van der Waals surface area contributed by atoms with Gasteiger partial charge < -0.3 is 5.32 Å². The summed E-state index contributed by atoms with van der Waals surface area (Å²) >= 11 is 0. The molecule has 0 aliphatic rings. The van der Waals surface area contributed by atoms with Gasteiger partial charge in [-0.2, -0.15) is 5.10 Å². The molecule has 3 aromatic carbocycles. The van der Waals surface area contributed by atoms with Crippen molar-refractivity contribution in [1.82, 2.24) is 25.1 Å². The summed E-state index contributed by atoms with van der Waals surface area (Å²) in [5.74, 6) is 2.00. The molecule has 0 aliphatic heterocycles. The number of pyridine rings is 1. The van der Waals surface area contributed by atoms with E-state index in [0.717, 1.165) is 44.1 Å². The Labute approximate surface area is 171 Å². The van der Waals surface area contributed by atoms with E-state index in [0.29, 0.717) is 11.6 Å². The number of benzene rings is 3. The lowest BCUT2D eigenvalue weighted by molar-refractivity contribution is 1.11. The minimum absolute atomic E-state index is 0.577. The Hall–Kier alpha value is -4.32. The van der Waals surface area contributed by atoms with Crippen LogP contribution >= 0.6 is 0 Å². The Balaban J connectivity index is 1.57. The van der Waals surface area contributed by atoms with Crippen LogP contribution in [0.3, 0.4) is 0 Å². The average Bonchev–Trinajstić information content (AvgIpc) is 3.21. The van der Waals surface area contributed by atoms with Gasteiger partial charge in [0.1, 0.15) is 11.5 Å². The molecule has 0 unspecified atom stereocenters. The smallest absolute Gasteiger partial charge is 0.181 e. The minimum atomic E-state index is 0.577. The van der Waals surface area contributed by atoms with Crippen LogP contribution in [-0.2, 0) is 0 Å². The first-order valence-electron chi connectivity index (χ1n) is 9.68. The number of hydrogen-bond acceptors (Lipinski definition) is 5. The minimum Gasteiger partial charge on any atom is -0.322 e. The van der Waals surface area contributed by atoms with Gasteiger partial charge in [-0.3, -0.25) is 10.1 Å². The fourth-order valence-corrected chi connectivity index (χ4v) is 3.75. The molecule has 0 radical (unpaired) electrons. The highest BCUT2D eigenvalue weighted by Gasteiger charge is 2.14. The Bertz CT molecular complexity index is 1530. The largest absolute Gasteiger partial charge is 0.322 e. The lowest BCUT2D eigenvalue weighted by atomic mass is 10.1. The van der Waals surface area contributed by atoms with Gasteiger partial charge in [-0.05, 0) is 35.7 Å². The van der Waals surface area contributed by atoms with E-state index in [1.807, 2.05) is 72.8 Å². The van der Waals surface area contributed by atoms with Gasteiger partial charge in [0.2, 0.25) is 0 Å². The number of para-hydroxylation sites is 2. The number of fused-ring (bicyclic) bond motifs is 3. The molecule has 6 rings (SSSR count). The predicted molar refractivity (Wildman–Crippen MR) is 120 cm³/mol. The van der Waals surface area contributed by atoms with Crippen LogP contribution in [0.4, 0.5) is 11.6 Å². The number of hydrogen-bond donors (Lipinski definition) is 2. The second-order valence-corrected chi connectivity index (χ2v) is 7.04. The van der Waals surface area contributed by atoms with Crippen LogP contribution in [0.15, 0.2) is 85.1 Å². The van der Waals surface area contributed by atoms with Gasteiger partial charge in [-0.1, -0.05) is 48.5 Å². The van der Waals surface area contributed by atoms with Crippen LogP contribution in [0.2, 0.25) is 0 Å². The van der Waals surface area contributed by atoms with Crippen molar-refractivity contribution >= 4 is 44.2 Å². The third kappa shape index (κ3) is 2.66. The van der Waals surface area contributed by atoms with E-state index in [2.05, 4.69) is 26.6 Å². The van der Waals surface area contributed by atoms with Crippen molar-refractivity contribution in [3.63, 3.8) is 0 Å². The summed E-state index contributed by atoms with van der Waals surface area (Å²) in [4.78, 5) is 14.3. The van der Waals surface area contributed by atoms with Crippen LogP contribution in [-0.4, -0.2) is 25.1 Å².